The first-order valence-electron chi connectivity index (χ1n) is 6.17. The molecule has 0 amide bonds. The molecule has 2 N–H and O–H groups in total. The number of rotatable bonds is 3. The molecule has 7 nitrogen and oxygen atoms in total. The van der Waals surface area contributed by atoms with Gasteiger partial charge in [0.2, 0.25) is 0 Å². The Morgan fingerprint density at radius 3 is 1.82 bits per heavy atom. The van der Waals surface area contributed by atoms with Crippen LogP contribution in [0.2, 0.25) is 0 Å². The van der Waals surface area contributed by atoms with Gasteiger partial charge in [0.1, 0.15) is 5.75 Å². The maximum atomic E-state index is 11.9. The molecule has 0 heterocycles. The summed E-state index contributed by atoms with van der Waals surface area (Å²) in [5, 5.41) is 20.2. The number of ether oxygens (including phenoxy) is 3. The molecule has 116 valence electrons. The lowest BCUT2D eigenvalue weighted by atomic mass is 9.99. The average molecular weight is 306 g/mol. The second kappa shape index (κ2) is 5.80. The predicted octanol–water partition coefficient (Wildman–Crippen LogP) is 1.83. The molecule has 0 fully saturated rings. The molecular formula is C15H14O7. The molecule has 0 radical (unpaired) electrons. The summed E-state index contributed by atoms with van der Waals surface area (Å²) in [4.78, 5) is 23.7. The molecule has 22 heavy (non-hydrogen) atoms. The zero-order valence-electron chi connectivity index (χ0n) is 12.2. The molecular weight excluding hydrogens is 292 g/mol. The average Bonchev–Trinajstić information content (AvgIpc) is 2.55. The van der Waals surface area contributed by atoms with E-state index in [4.69, 9.17) is 4.74 Å². The zero-order valence-corrected chi connectivity index (χ0v) is 12.2. The summed E-state index contributed by atoms with van der Waals surface area (Å²) >= 11 is 0. The number of hydrogen-bond donors (Lipinski definition) is 2. The molecule has 0 saturated heterocycles. The summed E-state index contributed by atoms with van der Waals surface area (Å²) in [7, 11) is 3.72. The first-order valence-corrected chi connectivity index (χ1v) is 6.17. The molecule has 0 saturated carbocycles. The van der Waals surface area contributed by atoms with E-state index in [2.05, 4.69) is 9.47 Å². The van der Waals surface area contributed by atoms with Crippen LogP contribution in [-0.2, 0) is 9.47 Å². The highest BCUT2D eigenvalue weighted by Crippen LogP contribution is 2.41. The minimum atomic E-state index is -0.774. The third-order valence-corrected chi connectivity index (χ3v) is 3.22. The van der Waals surface area contributed by atoms with E-state index >= 15 is 0 Å². The highest BCUT2D eigenvalue weighted by atomic mass is 16.5. The fourth-order valence-corrected chi connectivity index (χ4v) is 2.13. The molecule has 0 aliphatic heterocycles. The molecule has 2 aromatic rings. The summed E-state index contributed by atoms with van der Waals surface area (Å²) in [6.45, 7) is 0. The molecule has 2 rings (SSSR count). The van der Waals surface area contributed by atoms with E-state index in [1.807, 2.05) is 0 Å². The topological polar surface area (TPSA) is 102 Å². The number of phenolic OH excluding ortho intramolecular Hbond substituents is 2. The Morgan fingerprint density at radius 1 is 0.864 bits per heavy atom. The minimum Gasteiger partial charge on any atom is -0.504 e. The van der Waals surface area contributed by atoms with Gasteiger partial charge in [-0.3, -0.25) is 0 Å². The molecule has 0 aromatic heterocycles. The Bertz CT molecular complexity index is 764. The van der Waals surface area contributed by atoms with Crippen LogP contribution in [0.1, 0.15) is 20.7 Å². The number of phenols is 2. The maximum absolute atomic E-state index is 11.9. The highest BCUT2D eigenvalue weighted by Gasteiger charge is 2.23. The van der Waals surface area contributed by atoms with Crippen LogP contribution >= 0.6 is 0 Å². The Kier molecular flexibility index (Phi) is 4.07. The first kappa shape index (κ1) is 15.4. The van der Waals surface area contributed by atoms with Crippen LogP contribution in [0.3, 0.4) is 0 Å². The van der Waals surface area contributed by atoms with Gasteiger partial charge in [-0.1, -0.05) is 0 Å². The van der Waals surface area contributed by atoms with Crippen molar-refractivity contribution >= 4 is 22.7 Å². The van der Waals surface area contributed by atoms with Crippen molar-refractivity contribution in [1.29, 1.82) is 0 Å². The van der Waals surface area contributed by atoms with Crippen LogP contribution in [0.4, 0.5) is 0 Å². The van der Waals surface area contributed by atoms with E-state index in [0.717, 1.165) is 7.11 Å². The van der Waals surface area contributed by atoms with Gasteiger partial charge in [-0.05, 0) is 12.1 Å². The van der Waals surface area contributed by atoms with Crippen molar-refractivity contribution in [3.63, 3.8) is 0 Å². The number of esters is 2. The van der Waals surface area contributed by atoms with Gasteiger partial charge in [-0.2, -0.15) is 0 Å². The normalized spacial score (nSPS) is 10.3. The van der Waals surface area contributed by atoms with E-state index in [-0.39, 0.29) is 22.3 Å². The van der Waals surface area contributed by atoms with Gasteiger partial charge in [0.15, 0.2) is 11.5 Å². The number of aromatic hydroxyl groups is 2. The van der Waals surface area contributed by atoms with Crippen LogP contribution in [0.15, 0.2) is 18.2 Å². The fraction of sp³-hybridized carbons (Fsp3) is 0.200. The standard InChI is InChI=1S/C15H14O7/c1-20-12-6-11(16)13(17)8-5-10(15(19)22-3)9(4-7(8)12)14(18)21-2/h4-6,16-17H,1-3H3. The van der Waals surface area contributed by atoms with E-state index in [0.29, 0.717) is 5.39 Å². The van der Waals surface area contributed by atoms with Crippen LogP contribution in [0.5, 0.6) is 17.2 Å². The van der Waals surface area contributed by atoms with Crippen molar-refractivity contribution in [3.8, 4) is 17.2 Å². The zero-order chi connectivity index (χ0) is 16.4. The maximum Gasteiger partial charge on any atom is 0.338 e. The Labute approximate surface area is 125 Å². The molecule has 0 atom stereocenters. The van der Waals surface area contributed by atoms with E-state index < -0.39 is 23.4 Å². The van der Waals surface area contributed by atoms with Crippen LogP contribution in [-0.4, -0.2) is 43.5 Å². The van der Waals surface area contributed by atoms with Crippen molar-refractivity contribution in [2.45, 2.75) is 0 Å². The largest absolute Gasteiger partial charge is 0.504 e. The lowest BCUT2D eigenvalue weighted by molar-refractivity contribution is 0.0555. The quantitative estimate of drug-likeness (QED) is 0.658. The monoisotopic (exact) mass is 306 g/mol. The second-order valence-corrected chi connectivity index (χ2v) is 4.37. The van der Waals surface area contributed by atoms with Crippen molar-refractivity contribution in [1.82, 2.24) is 0 Å². The number of methoxy groups -OCH3 is 3. The Hall–Kier alpha value is -2.96. The molecule has 0 aliphatic carbocycles. The molecule has 0 aliphatic rings. The predicted molar refractivity (Wildman–Crippen MR) is 76.5 cm³/mol. The highest BCUT2D eigenvalue weighted by molar-refractivity contribution is 6.09. The van der Waals surface area contributed by atoms with Gasteiger partial charge in [-0.15, -0.1) is 0 Å². The van der Waals surface area contributed by atoms with Gasteiger partial charge in [0.05, 0.1) is 32.5 Å². The fourth-order valence-electron chi connectivity index (χ4n) is 2.13. The Morgan fingerprint density at radius 2 is 1.36 bits per heavy atom. The molecule has 0 unspecified atom stereocenters. The van der Waals surface area contributed by atoms with Crippen LogP contribution < -0.4 is 4.74 Å². The third-order valence-electron chi connectivity index (χ3n) is 3.22. The minimum absolute atomic E-state index is 0.0368. The van der Waals surface area contributed by atoms with Gasteiger partial charge in [-0.25, -0.2) is 9.59 Å². The molecule has 0 spiro atoms. The smallest absolute Gasteiger partial charge is 0.338 e. The van der Waals surface area contributed by atoms with Crippen LogP contribution in [0, 0.1) is 0 Å². The molecule has 0 bridgehead atoms. The molecule has 7 heteroatoms. The van der Waals surface area contributed by atoms with Crippen molar-refractivity contribution in [3.05, 3.63) is 29.3 Å². The third kappa shape index (κ3) is 2.37. The van der Waals surface area contributed by atoms with Crippen molar-refractivity contribution in [2.24, 2.45) is 0 Å². The first-order chi connectivity index (χ1) is 10.4. The summed E-state index contributed by atoms with van der Waals surface area (Å²) < 4.78 is 14.4. The number of benzene rings is 2. The summed E-state index contributed by atoms with van der Waals surface area (Å²) in [5.74, 6) is -2.13. The van der Waals surface area contributed by atoms with Gasteiger partial charge >= 0.3 is 11.9 Å². The van der Waals surface area contributed by atoms with Crippen molar-refractivity contribution < 1.29 is 34.0 Å². The molecule has 2 aromatic carbocycles. The SMILES string of the molecule is COC(=O)c1cc2c(OC)cc(O)c(O)c2cc1C(=O)OC. The van der Waals surface area contributed by atoms with Crippen molar-refractivity contribution in [2.75, 3.05) is 21.3 Å². The van der Waals surface area contributed by atoms with E-state index in [9.17, 15) is 19.8 Å². The summed E-state index contributed by atoms with van der Waals surface area (Å²) in [6, 6.07) is 3.78. The summed E-state index contributed by atoms with van der Waals surface area (Å²) in [6.07, 6.45) is 0. The van der Waals surface area contributed by atoms with Gasteiger partial charge < -0.3 is 24.4 Å². The number of carbonyl (C=O) groups is 2. The van der Waals surface area contributed by atoms with Gasteiger partial charge in [0.25, 0.3) is 0 Å². The van der Waals surface area contributed by atoms with E-state index in [1.165, 1.54) is 32.4 Å². The van der Waals surface area contributed by atoms with E-state index in [1.54, 1.807) is 0 Å². The second-order valence-electron chi connectivity index (χ2n) is 4.37. The number of hydrogen-bond acceptors (Lipinski definition) is 7. The number of carbonyl (C=O) groups excluding carboxylic acids is 2. The lowest BCUT2D eigenvalue weighted by Crippen LogP contribution is -2.12. The lowest BCUT2D eigenvalue weighted by Gasteiger charge is -2.13. The van der Waals surface area contributed by atoms with Gasteiger partial charge in [0, 0.05) is 16.8 Å². The van der Waals surface area contributed by atoms with Crippen LogP contribution in [0.25, 0.3) is 10.8 Å². The summed E-state index contributed by atoms with van der Waals surface area (Å²) in [5.41, 5.74) is -0.130. The Balaban J connectivity index is 2.91. The number of fused-ring (bicyclic) bond motifs is 1.